The van der Waals surface area contributed by atoms with Gasteiger partial charge < -0.3 is 9.47 Å². The van der Waals surface area contributed by atoms with E-state index in [2.05, 4.69) is 15.8 Å². The van der Waals surface area contributed by atoms with Crippen LogP contribution in [0.4, 0.5) is 4.79 Å². The van der Waals surface area contributed by atoms with Crippen molar-refractivity contribution in [2.75, 3.05) is 7.11 Å². The fourth-order valence-electron chi connectivity index (χ4n) is 1.93. The maximum absolute atomic E-state index is 11.5. The summed E-state index contributed by atoms with van der Waals surface area (Å²) in [5.74, 6) is 0.722. The van der Waals surface area contributed by atoms with Crippen LogP contribution in [0.3, 0.4) is 0 Å². The number of carbonyl (C=O) groups excluding carboxylic acids is 1. The molecule has 1 amide bonds. The number of ether oxygens (including phenoxy) is 2. The highest BCUT2D eigenvalue weighted by Gasteiger charge is 2.15. The number of carbonyl (C=O) groups is 1. The van der Waals surface area contributed by atoms with Crippen molar-refractivity contribution in [3.63, 3.8) is 0 Å². The Balaban J connectivity index is 1.99. The van der Waals surface area contributed by atoms with Gasteiger partial charge in [-0.3, -0.25) is 5.43 Å². The Morgan fingerprint density at radius 2 is 2.00 bits per heavy atom. The SMILES string of the molecule is COc1cccc2ccc(CNNC(=O)OC(C)(C)C)nc12. The first kappa shape index (κ1) is 16.0. The van der Waals surface area contributed by atoms with E-state index in [9.17, 15) is 4.79 Å². The molecule has 1 heterocycles. The molecule has 6 nitrogen and oxygen atoms in total. The van der Waals surface area contributed by atoms with Crippen molar-refractivity contribution in [3.8, 4) is 5.75 Å². The molecule has 0 unspecified atom stereocenters. The first-order chi connectivity index (χ1) is 10.4. The zero-order valence-electron chi connectivity index (χ0n) is 13.3. The van der Waals surface area contributed by atoms with Crippen LogP contribution in [-0.2, 0) is 11.3 Å². The highest BCUT2D eigenvalue weighted by atomic mass is 16.6. The largest absolute Gasteiger partial charge is 0.494 e. The molecule has 22 heavy (non-hydrogen) atoms. The summed E-state index contributed by atoms with van der Waals surface area (Å²) in [4.78, 5) is 16.1. The molecular weight excluding hydrogens is 282 g/mol. The van der Waals surface area contributed by atoms with Crippen molar-refractivity contribution < 1.29 is 14.3 Å². The first-order valence-electron chi connectivity index (χ1n) is 7.03. The second-order valence-electron chi connectivity index (χ2n) is 5.82. The zero-order chi connectivity index (χ0) is 16.2. The summed E-state index contributed by atoms with van der Waals surface area (Å²) in [5, 5.41) is 1.00. The topological polar surface area (TPSA) is 72.5 Å². The molecule has 1 aromatic carbocycles. The van der Waals surface area contributed by atoms with Gasteiger partial charge in [0.2, 0.25) is 0 Å². The molecular formula is C16H21N3O3. The van der Waals surface area contributed by atoms with Gasteiger partial charge >= 0.3 is 6.09 Å². The second kappa shape index (κ2) is 6.62. The molecule has 0 saturated heterocycles. The van der Waals surface area contributed by atoms with Crippen molar-refractivity contribution in [2.24, 2.45) is 0 Å². The molecule has 0 atom stereocenters. The summed E-state index contributed by atoms with van der Waals surface area (Å²) in [5.41, 5.74) is 6.33. The molecule has 2 rings (SSSR count). The summed E-state index contributed by atoms with van der Waals surface area (Å²) in [6.07, 6.45) is -0.522. The van der Waals surface area contributed by atoms with Crippen LogP contribution in [0, 0.1) is 0 Å². The van der Waals surface area contributed by atoms with Crippen LogP contribution in [0.2, 0.25) is 0 Å². The van der Waals surface area contributed by atoms with Crippen molar-refractivity contribution in [1.29, 1.82) is 0 Å². The minimum Gasteiger partial charge on any atom is -0.494 e. The molecule has 0 aliphatic carbocycles. The number of nitrogens with one attached hydrogen (secondary N) is 2. The van der Waals surface area contributed by atoms with Gasteiger partial charge in [0.25, 0.3) is 0 Å². The number of pyridine rings is 1. The van der Waals surface area contributed by atoms with E-state index in [0.717, 1.165) is 22.3 Å². The van der Waals surface area contributed by atoms with E-state index in [0.29, 0.717) is 6.54 Å². The van der Waals surface area contributed by atoms with Crippen LogP contribution in [-0.4, -0.2) is 23.8 Å². The maximum atomic E-state index is 11.5. The molecule has 0 spiro atoms. The zero-order valence-corrected chi connectivity index (χ0v) is 13.3. The average Bonchev–Trinajstić information content (AvgIpc) is 2.44. The van der Waals surface area contributed by atoms with Gasteiger partial charge in [-0.2, -0.15) is 0 Å². The molecule has 1 aromatic heterocycles. The van der Waals surface area contributed by atoms with E-state index in [1.165, 1.54) is 0 Å². The Labute approximate surface area is 129 Å². The highest BCUT2D eigenvalue weighted by Crippen LogP contribution is 2.23. The van der Waals surface area contributed by atoms with Gasteiger partial charge in [0.15, 0.2) is 0 Å². The van der Waals surface area contributed by atoms with Crippen LogP contribution in [0.1, 0.15) is 26.5 Å². The fourth-order valence-corrected chi connectivity index (χ4v) is 1.93. The normalized spacial score (nSPS) is 11.3. The third kappa shape index (κ3) is 4.33. The first-order valence-corrected chi connectivity index (χ1v) is 7.03. The molecule has 6 heteroatoms. The average molecular weight is 303 g/mol. The van der Waals surface area contributed by atoms with Gasteiger partial charge in [-0.15, -0.1) is 0 Å². The molecule has 2 aromatic rings. The summed E-state index contributed by atoms with van der Waals surface area (Å²) < 4.78 is 10.4. The number of aromatic nitrogens is 1. The lowest BCUT2D eigenvalue weighted by Gasteiger charge is -2.19. The summed E-state index contributed by atoms with van der Waals surface area (Å²) in [6.45, 7) is 5.81. The van der Waals surface area contributed by atoms with E-state index in [-0.39, 0.29) is 0 Å². The second-order valence-corrected chi connectivity index (χ2v) is 5.82. The van der Waals surface area contributed by atoms with Gasteiger partial charge in [-0.25, -0.2) is 15.2 Å². The number of hydrogen-bond acceptors (Lipinski definition) is 5. The number of para-hydroxylation sites is 1. The van der Waals surface area contributed by atoms with E-state index in [4.69, 9.17) is 9.47 Å². The Morgan fingerprint density at radius 1 is 1.23 bits per heavy atom. The van der Waals surface area contributed by atoms with Crippen LogP contribution < -0.4 is 15.6 Å². The molecule has 118 valence electrons. The summed E-state index contributed by atoms with van der Waals surface area (Å²) in [6, 6.07) is 9.62. The maximum Gasteiger partial charge on any atom is 0.422 e. The van der Waals surface area contributed by atoms with Crippen LogP contribution in [0.25, 0.3) is 10.9 Å². The van der Waals surface area contributed by atoms with Crippen LogP contribution in [0.15, 0.2) is 30.3 Å². The standard InChI is InChI=1S/C16H21N3O3/c1-16(2,3)22-15(20)19-17-10-12-9-8-11-6-5-7-13(21-4)14(11)18-12/h5-9,17H,10H2,1-4H3,(H,19,20). The number of nitrogens with zero attached hydrogens (tertiary/aromatic N) is 1. The molecule has 0 bridgehead atoms. The molecule has 0 aliphatic heterocycles. The van der Waals surface area contributed by atoms with Gasteiger partial charge in [-0.1, -0.05) is 18.2 Å². The molecule has 0 aliphatic rings. The lowest BCUT2D eigenvalue weighted by molar-refractivity contribution is 0.0497. The van der Waals surface area contributed by atoms with E-state index in [1.807, 2.05) is 51.1 Å². The predicted octanol–water partition coefficient (Wildman–Crippen LogP) is 2.77. The van der Waals surface area contributed by atoms with Gasteiger partial charge in [0, 0.05) is 5.39 Å². The minimum atomic E-state index is -0.527. The Bertz CT molecular complexity index is 665. The molecule has 0 fully saturated rings. The summed E-state index contributed by atoms with van der Waals surface area (Å²) in [7, 11) is 1.62. The Morgan fingerprint density at radius 3 is 2.68 bits per heavy atom. The number of benzene rings is 1. The number of fused-ring (bicyclic) bond motifs is 1. The minimum absolute atomic E-state index is 0.382. The molecule has 0 saturated carbocycles. The molecule has 2 N–H and O–H groups in total. The lowest BCUT2D eigenvalue weighted by atomic mass is 10.2. The lowest BCUT2D eigenvalue weighted by Crippen LogP contribution is -2.40. The fraction of sp³-hybridized carbons (Fsp3) is 0.375. The highest BCUT2D eigenvalue weighted by molar-refractivity contribution is 5.84. The monoisotopic (exact) mass is 303 g/mol. The van der Waals surface area contributed by atoms with Gasteiger partial charge in [-0.05, 0) is 32.9 Å². The van der Waals surface area contributed by atoms with Crippen molar-refractivity contribution >= 4 is 17.0 Å². The number of methoxy groups -OCH3 is 1. The van der Waals surface area contributed by atoms with Gasteiger partial charge in [0.1, 0.15) is 16.9 Å². The van der Waals surface area contributed by atoms with Crippen molar-refractivity contribution in [2.45, 2.75) is 32.9 Å². The van der Waals surface area contributed by atoms with E-state index >= 15 is 0 Å². The third-order valence-electron chi connectivity index (χ3n) is 2.82. The Kier molecular flexibility index (Phi) is 4.82. The van der Waals surface area contributed by atoms with Crippen molar-refractivity contribution in [3.05, 3.63) is 36.0 Å². The van der Waals surface area contributed by atoms with Crippen LogP contribution >= 0.6 is 0 Å². The smallest absolute Gasteiger partial charge is 0.422 e. The summed E-state index contributed by atoms with van der Waals surface area (Å²) >= 11 is 0. The predicted molar refractivity (Wildman–Crippen MR) is 84.5 cm³/mol. The Hall–Kier alpha value is -2.34. The third-order valence-corrected chi connectivity index (χ3v) is 2.82. The molecule has 0 radical (unpaired) electrons. The number of amides is 1. The van der Waals surface area contributed by atoms with Gasteiger partial charge in [0.05, 0.1) is 19.3 Å². The number of hydrogen-bond donors (Lipinski definition) is 2. The van der Waals surface area contributed by atoms with E-state index < -0.39 is 11.7 Å². The van der Waals surface area contributed by atoms with E-state index in [1.54, 1.807) is 7.11 Å². The van der Waals surface area contributed by atoms with Crippen LogP contribution in [0.5, 0.6) is 5.75 Å². The number of hydrazine groups is 1. The van der Waals surface area contributed by atoms with Crippen molar-refractivity contribution in [1.82, 2.24) is 15.8 Å². The number of rotatable bonds is 4. The quantitative estimate of drug-likeness (QED) is 0.850.